The van der Waals surface area contributed by atoms with Crippen LogP contribution in [0.5, 0.6) is 0 Å². The van der Waals surface area contributed by atoms with Gasteiger partial charge < -0.3 is 0 Å². The number of hydrogen-bond donors (Lipinski definition) is 0. The first-order valence-corrected chi connectivity index (χ1v) is 16.2. The first kappa shape index (κ1) is 30.0. The van der Waals surface area contributed by atoms with Gasteiger partial charge in [-0.05, 0) is 29.3 Å². The molecule has 0 unspecified atom stereocenters. The molecular formula is C42H27ClN6. The second kappa shape index (κ2) is 13.4. The van der Waals surface area contributed by atoms with Crippen LogP contribution in [0.3, 0.4) is 0 Å². The number of nitrogens with zero attached hydrogens (tertiary/aromatic N) is 6. The minimum Gasteiger partial charge on any atom is -0.208 e. The summed E-state index contributed by atoms with van der Waals surface area (Å²) >= 11 is 6.36. The van der Waals surface area contributed by atoms with Crippen molar-refractivity contribution in [2.45, 2.75) is 0 Å². The van der Waals surface area contributed by atoms with E-state index in [9.17, 15) is 0 Å². The van der Waals surface area contributed by atoms with Gasteiger partial charge in [0.1, 0.15) is 0 Å². The summed E-state index contributed by atoms with van der Waals surface area (Å²) in [4.78, 5) is 29.5. The molecular weight excluding hydrogens is 624 g/mol. The van der Waals surface area contributed by atoms with Crippen molar-refractivity contribution >= 4 is 11.6 Å². The second-order valence-corrected chi connectivity index (χ2v) is 11.8. The third kappa shape index (κ3) is 6.59. The zero-order valence-corrected chi connectivity index (χ0v) is 26.9. The van der Waals surface area contributed by atoms with Crippen LogP contribution in [0.15, 0.2) is 164 Å². The van der Waals surface area contributed by atoms with Crippen LogP contribution in [0.25, 0.3) is 79.5 Å². The number of rotatable bonds is 7. The van der Waals surface area contributed by atoms with Crippen LogP contribution in [0.1, 0.15) is 0 Å². The summed E-state index contributed by atoms with van der Waals surface area (Å²) in [7, 11) is 0. The van der Waals surface area contributed by atoms with Gasteiger partial charge >= 0.3 is 0 Å². The monoisotopic (exact) mass is 650 g/mol. The molecule has 0 aliphatic rings. The molecule has 0 saturated heterocycles. The van der Waals surface area contributed by atoms with Gasteiger partial charge in [0.15, 0.2) is 34.9 Å². The molecule has 6 nitrogen and oxygen atoms in total. The molecule has 0 aliphatic carbocycles. The average Bonchev–Trinajstić information content (AvgIpc) is 3.19. The molecule has 0 amide bonds. The summed E-state index contributed by atoms with van der Waals surface area (Å²) < 4.78 is 0. The lowest BCUT2D eigenvalue weighted by atomic mass is 10.0. The third-order valence-electron chi connectivity index (χ3n) is 8.05. The van der Waals surface area contributed by atoms with Gasteiger partial charge in [-0.2, -0.15) is 0 Å². The highest BCUT2D eigenvalue weighted by atomic mass is 35.5. The molecule has 2 aromatic heterocycles. The molecule has 49 heavy (non-hydrogen) atoms. The van der Waals surface area contributed by atoms with Crippen molar-refractivity contribution in [3.05, 3.63) is 169 Å². The molecule has 0 aliphatic heterocycles. The smallest absolute Gasteiger partial charge is 0.164 e. The van der Waals surface area contributed by atoms with Gasteiger partial charge in [-0.25, -0.2) is 29.9 Å². The Labute approximate surface area is 288 Å². The summed E-state index contributed by atoms with van der Waals surface area (Å²) in [5.74, 6) is 3.35. The van der Waals surface area contributed by atoms with E-state index in [1.165, 1.54) is 0 Å². The van der Waals surface area contributed by atoms with E-state index < -0.39 is 0 Å². The van der Waals surface area contributed by atoms with Crippen molar-refractivity contribution < 1.29 is 0 Å². The molecule has 0 atom stereocenters. The molecule has 0 spiro atoms. The average molecular weight is 651 g/mol. The lowest BCUT2D eigenvalue weighted by Crippen LogP contribution is -2.01. The van der Waals surface area contributed by atoms with E-state index in [2.05, 4.69) is 36.4 Å². The van der Waals surface area contributed by atoms with Crippen molar-refractivity contribution in [2.75, 3.05) is 0 Å². The number of halogens is 1. The van der Waals surface area contributed by atoms with E-state index in [0.717, 1.165) is 44.5 Å². The Balaban J connectivity index is 1.24. The summed E-state index contributed by atoms with van der Waals surface area (Å²) in [5.41, 5.74) is 7.38. The predicted octanol–water partition coefficient (Wildman–Crippen LogP) is 10.4. The molecule has 8 aromatic rings. The lowest BCUT2D eigenvalue weighted by Gasteiger charge is -2.11. The SMILES string of the molecule is Clc1cccc(-c2nc(-c3ccccc3)nc(-c3cccc(-c4nc(-c5ccccc5)nc(-c5ccc(-c6ccccc6)cc5)n4)c3)n2)c1. The maximum Gasteiger partial charge on any atom is 0.164 e. The first-order valence-electron chi connectivity index (χ1n) is 15.8. The Morgan fingerprint density at radius 3 is 0.959 bits per heavy atom. The van der Waals surface area contributed by atoms with Crippen LogP contribution < -0.4 is 0 Å². The quantitative estimate of drug-likeness (QED) is 0.171. The molecule has 6 aromatic carbocycles. The topological polar surface area (TPSA) is 77.3 Å². The molecule has 8 rings (SSSR count). The van der Waals surface area contributed by atoms with E-state index in [4.69, 9.17) is 41.5 Å². The van der Waals surface area contributed by atoms with E-state index in [-0.39, 0.29) is 0 Å². The highest BCUT2D eigenvalue weighted by Crippen LogP contribution is 2.30. The molecule has 0 fully saturated rings. The summed E-state index contributed by atoms with van der Waals surface area (Å²) in [5, 5.41) is 0.609. The van der Waals surface area contributed by atoms with Gasteiger partial charge in [-0.1, -0.05) is 157 Å². The van der Waals surface area contributed by atoms with Crippen molar-refractivity contribution in [2.24, 2.45) is 0 Å². The van der Waals surface area contributed by atoms with Gasteiger partial charge in [0, 0.05) is 38.4 Å². The maximum atomic E-state index is 6.36. The van der Waals surface area contributed by atoms with Crippen LogP contribution in [-0.2, 0) is 0 Å². The van der Waals surface area contributed by atoms with Crippen molar-refractivity contribution in [1.29, 1.82) is 0 Å². The second-order valence-electron chi connectivity index (χ2n) is 11.4. The summed E-state index contributed by atoms with van der Waals surface area (Å²) in [6, 6.07) is 53.9. The fraction of sp³-hybridized carbons (Fsp3) is 0. The molecule has 0 radical (unpaired) electrons. The van der Waals surface area contributed by atoms with Crippen LogP contribution in [0.2, 0.25) is 5.02 Å². The minimum absolute atomic E-state index is 0.528. The number of aromatic nitrogens is 6. The van der Waals surface area contributed by atoms with Gasteiger partial charge in [-0.3, -0.25) is 0 Å². The first-order chi connectivity index (χ1) is 24.2. The third-order valence-corrected chi connectivity index (χ3v) is 8.28. The van der Waals surface area contributed by atoms with E-state index in [0.29, 0.717) is 40.0 Å². The zero-order valence-electron chi connectivity index (χ0n) is 26.1. The summed E-state index contributed by atoms with van der Waals surface area (Å²) in [6.07, 6.45) is 0. The Morgan fingerprint density at radius 2 is 0.531 bits per heavy atom. The largest absolute Gasteiger partial charge is 0.208 e. The van der Waals surface area contributed by atoms with Gasteiger partial charge in [0.25, 0.3) is 0 Å². The molecule has 0 N–H and O–H groups in total. The molecule has 2 heterocycles. The Morgan fingerprint density at radius 1 is 0.245 bits per heavy atom. The molecule has 232 valence electrons. The number of hydrogen-bond acceptors (Lipinski definition) is 6. The fourth-order valence-corrected chi connectivity index (χ4v) is 5.76. The number of benzene rings is 6. The van der Waals surface area contributed by atoms with Crippen LogP contribution in [0.4, 0.5) is 0 Å². The van der Waals surface area contributed by atoms with Crippen LogP contribution in [-0.4, -0.2) is 29.9 Å². The van der Waals surface area contributed by atoms with Gasteiger partial charge in [-0.15, -0.1) is 0 Å². The summed E-state index contributed by atoms with van der Waals surface area (Å²) in [6.45, 7) is 0. The van der Waals surface area contributed by atoms with Gasteiger partial charge in [0.2, 0.25) is 0 Å². The highest BCUT2D eigenvalue weighted by molar-refractivity contribution is 6.30. The molecule has 0 bridgehead atoms. The van der Waals surface area contributed by atoms with E-state index in [1.807, 2.05) is 127 Å². The molecule has 7 heteroatoms. The normalized spacial score (nSPS) is 11.0. The Hall–Kier alpha value is -6.37. The van der Waals surface area contributed by atoms with Gasteiger partial charge in [0.05, 0.1) is 0 Å². The predicted molar refractivity (Wildman–Crippen MR) is 196 cm³/mol. The molecule has 0 saturated carbocycles. The fourth-order valence-electron chi connectivity index (χ4n) is 5.57. The van der Waals surface area contributed by atoms with Crippen LogP contribution >= 0.6 is 11.6 Å². The zero-order chi connectivity index (χ0) is 33.0. The van der Waals surface area contributed by atoms with Crippen LogP contribution in [0, 0.1) is 0 Å². The van der Waals surface area contributed by atoms with E-state index in [1.54, 1.807) is 0 Å². The highest BCUT2D eigenvalue weighted by Gasteiger charge is 2.16. The Bertz CT molecular complexity index is 2380. The van der Waals surface area contributed by atoms with E-state index >= 15 is 0 Å². The standard InChI is InChI=1S/C42H27ClN6/c43-36-21-11-20-35(27-36)42-47-38(31-16-8-3-9-17-31)46-41(49-42)34-19-10-18-33(26-34)40-45-37(30-14-6-2-7-15-30)44-39(48-40)32-24-22-29(23-25-32)28-12-4-1-5-13-28/h1-27H. The van der Waals surface area contributed by atoms with Crippen molar-refractivity contribution in [3.8, 4) is 79.5 Å². The lowest BCUT2D eigenvalue weighted by molar-refractivity contribution is 1.07. The minimum atomic E-state index is 0.528. The van der Waals surface area contributed by atoms with Crippen molar-refractivity contribution in [1.82, 2.24) is 29.9 Å². The maximum absolute atomic E-state index is 6.36. The Kier molecular flexibility index (Phi) is 8.20. The van der Waals surface area contributed by atoms with Crippen molar-refractivity contribution in [3.63, 3.8) is 0 Å².